The van der Waals surface area contributed by atoms with Gasteiger partial charge in [-0.1, -0.05) is 23.4 Å². The number of piperidine rings is 1. The maximum absolute atomic E-state index is 13.0. The van der Waals surface area contributed by atoms with E-state index >= 15 is 0 Å². The zero-order valence-corrected chi connectivity index (χ0v) is 19.3. The summed E-state index contributed by atoms with van der Waals surface area (Å²) >= 11 is 0. The molecule has 0 radical (unpaired) electrons. The average Bonchev–Trinajstić information content (AvgIpc) is 3.48. The number of amides is 2. The second kappa shape index (κ2) is 10.2. The first-order chi connectivity index (χ1) is 17.1. The first kappa shape index (κ1) is 23.0. The molecule has 2 aliphatic heterocycles. The van der Waals surface area contributed by atoms with Crippen LogP contribution in [-0.4, -0.2) is 39.9 Å². The van der Waals surface area contributed by atoms with Crippen LogP contribution in [0.4, 0.5) is 10.1 Å². The lowest BCUT2D eigenvalue weighted by Crippen LogP contribution is -2.38. The van der Waals surface area contributed by atoms with Crippen molar-refractivity contribution in [3.05, 3.63) is 71.6 Å². The minimum absolute atomic E-state index is 0.0158. The van der Waals surface area contributed by atoms with Gasteiger partial charge in [0.2, 0.25) is 11.8 Å². The number of fused-ring (bicyclic) bond motifs is 1. The summed E-state index contributed by atoms with van der Waals surface area (Å²) in [6.45, 7) is 1.40. The third kappa shape index (κ3) is 5.34. The number of anilines is 1. The maximum Gasteiger partial charge on any atom is 0.264 e. The molecule has 35 heavy (non-hydrogen) atoms. The highest BCUT2D eigenvalue weighted by Gasteiger charge is 2.31. The molecule has 2 amide bonds. The molecule has 1 atom stereocenters. The smallest absolute Gasteiger partial charge is 0.264 e. The fourth-order valence-corrected chi connectivity index (χ4v) is 4.73. The zero-order valence-electron chi connectivity index (χ0n) is 19.3. The molecule has 3 aromatic rings. The van der Waals surface area contributed by atoms with E-state index in [0.29, 0.717) is 49.8 Å². The van der Waals surface area contributed by atoms with Crippen LogP contribution >= 0.6 is 0 Å². The average molecular weight is 479 g/mol. The Bertz CT molecular complexity index is 1190. The van der Waals surface area contributed by atoms with Gasteiger partial charge in [0.1, 0.15) is 11.6 Å². The molecule has 0 aliphatic carbocycles. The van der Waals surface area contributed by atoms with Gasteiger partial charge < -0.3 is 19.5 Å². The second-order valence-electron chi connectivity index (χ2n) is 8.97. The van der Waals surface area contributed by atoms with E-state index in [4.69, 9.17) is 9.26 Å². The summed E-state index contributed by atoms with van der Waals surface area (Å²) in [6.07, 6.45) is 3.30. The molecule has 8 nitrogen and oxygen atoms in total. The molecular formula is C26H27FN4O4. The number of rotatable bonds is 8. The Kier molecular flexibility index (Phi) is 6.74. The molecule has 0 spiro atoms. The summed E-state index contributed by atoms with van der Waals surface area (Å²) in [4.78, 5) is 31.3. The Morgan fingerprint density at radius 1 is 1.14 bits per heavy atom. The number of aromatic nitrogens is 2. The summed E-state index contributed by atoms with van der Waals surface area (Å²) in [7, 11) is 0. The van der Waals surface area contributed by atoms with E-state index in [1.807, 2.05) is 29.2 Å². The van der Waals surface area contributed by atoms with Gasteiger partial charge >= 0.3 is 0 Å². The first-order valence-corrected chi connectivity index (χ1v) is 12.0. The Morgan fingerprint density at radius 3 is 2.71 bits per heavy atom. The number of likely N-dealkylation sites (tertiary alicyclic amines) is 1. The van der Waals surface area contributed by atoms with Crippen LogP contribution < -0.4 is 10.1 Å². The van der Waals surface area contributed by atoms with Crippen LogP contribution in [0.1, 0.15) is 61.2 Å². The zero-order chi connectivity index (χ0) is 24.2. The van der Waals surface area contributed by atoms with E-state index in [-0.39, 0.29) is 36.1 Å². The highest BCUT2D eigenvalue weighted by Crippen LogP contribution is 2.35. The summed E-state index contributed by atoms with van der Waals surface area (Å²) < 4.78 is 23.8. The monoisotopic (exact) mass is 478 g/mol. The van der Waals surface area contributed by atoms with Gasteiger partial charge in [-0.2, -0.15) is 4.98 Å². The minimum Gasteiger partial charge on any atom is -0.484 e. The molecule has 182 valence electrons. The number of carbonyl (C=O) groups is 2. The van der Waals surface area contributed by atoms with Crippen molar-refractivity contribution in [3.63, 3.8) is 0 Å². The molecule has 1 aromatic heterocycles. The number of ether oxygens (including phenoxy) is 1. The lowest BCUT2D eigenvalue weighted by molar-refractivity contribution is -0.132. The van der Waals surface area contributed by atoms with Crippen molar-refractivity contribution in [2.24, 2.45) is 0 Å². The molecule has 5 rings (SSSR count). The third-order valence-electron chi connectivity index (χ3n) is 6.67. The van der Waals surface area contributed by atoms with Gasteiger partial charge in [-0.3, -0.25) is 9.59 Å². The number of nitrogens with zero attached hydrogens (tertiary/aromatic N) is 3. The van der Waals surface area contributed by atoms with E-state index in [1.165, 1.54) is 12.1 Å². The summed E-state index contributed by atoms with van der Waals surface area (Å²) in [5, 5.41) is 7.00. The Hall–Kier alpha value is -3.75. The fourth-order valence-electron chi connectivity index (χ4n) is 4.73. The van der Waals surface area contributed by atoms with Crippen molar-refractivity contribution < 1.29 is 23.2 Å². The normalized spacial score (nSPS) is 17.8. The third-order valence-corrected chi connectivity index (χ3v) is 6.67. The lowest BCUT2D eigenvalue weighted by Gasteiger charge is -2.30. The predicted octanol–water partition coefficient (Wildman–Crippen LogP) is 4.40. The number of halogens is 1. The topological polar surface area (TPSA) is 97.6 Å². The molecule has 2 aromatic carbocycles. The van der Waals surface area contributed by atoms with Crippen LogP contribution in [0, 0.1) is 5.82 Å². The van der Waals surface area contributed by atoms with Gasteiger partial charge in [-0.15, -0.1) is 0 Å². The molecule has 0 bridgehead atoms. The molecule has 0 saturated carbocycles. The van der Waals surface area contributed by atoms with Crippen molar-refractivity contribution in [2.75, 3.05) is 18.4 Å². The highest BCUT2D eigenvalue weighted by molar-refractivity contribution is 6.02. The molecule has 9 heteroatoms. The fraction of sp³-hybridized carbons (Fsp3) is 0.385. The van der Waals surface area contributed by atoms with Gasteiger partial charge in [-0.25, -0.2) is 4.39 Å². The van der Waals surface area contributed by atoms with E-state index in [9.17, 15) is 14.0 Å². The van der Waals surface area contributed by atoms with Gasteiger partial charge in [0.05, 0.1) is 5.92 Å². The van der Waals surface area contributed by atoms with Gasteiger partial charge in [-0.05, 0) is 61.6 Å². The first-order valence-electron chi connectivity index (χ1n) is 12.0. The van der Waals surface area contributed by atoms with Gasteiger partial charge in [0.15, 0.2) is 12.4 Å². The number of nitrogens with one attached hydrogen (secondary N) is 1. The van der Waals surface area contributed by atoms with Crippen molar-refractivity contribution in [1.82, 2.24) is 15.0 Å². The minimum atomic E-state index is -0.325. The quantitative estimate of drug-likeness (QED) is 0.515. The SMILES string of the molecule is O=C1Nc2ccccc2C1CCCC(=O)N1CCC(c2noc(COc3ccc(F)cc3)n2)CC1. The molecule has 3 heterocycles. The van der Waals surface area contributed by atoms with Crippen molar-refractivity contribution in [1.29, 1.82) is 0 Å². The Balaban J connectivity index is 1.05. The Morgan fingerprint density at radius 2 is 1.91 bits per heavy atom. The lowest BCUT2D eigenvalue weighted by atomic mass is 9.94. The number of carbonyl (C=O) groups excluding carboxylic acids is 2. The van der Waals surface area contributed by atoms with E-state index < -0.39 is 0 Å². The number of hydrogen-bond acceptors (Lipinski definition) is 6. The molecule has 1 saturated heterocycles. The predicted molar refractivity (Wildman–Crippen MR) is 125 cm³/mol. The molecule has 1 fully saturated rings. The summed E-state index contributed by atoms with van der Waals surface area (Å²) in [5.41, 5.74) is 1.90. The van der Waals surface area contributed by atoms with Gasteiger partial charge in [0, 0.05) is 31.1 Å². The second-order valence-corrected chi connectivity index (χ2v) is 8.97. The van der Waals surface area contributed by atoms with Crippen LogP contribution in [0.3, 0.4) is 0 Å². The van der Waals surface area contributed by atoms with Crippen molar-refractivity contribution in [2.45, 2.75) is 50.5 Å². The van der Waals surface area contributed by atoms with Crippen LogP contribution in [0.25, 0.3) is 0 Å². The van der Waals surface area contributed by atoms with Gasteiger partial charge in [0.25, 0.3) is 5.89 Å². The summed E-state index contributed by atoms with van der Waals surface area (Å²) in [6, 6.07) is 13.5. The van der Waals surface area contributed by atoms with E-state index in [0.717, 1.165) is 24.1 Å². The van der Waals surface area contributed by atoms with Crippen LogP contribution in [0.5, 0.6) is 5.75 Å². The largest absolute Gasteiger partial charge is 0.484 e. The van der Waals surface area contributed by atoms with Crippen LogP contribution in [0.15, 0.2) is 53.1 Å². The number of benzene rings is 2. The molecule has 1 N–H and O–H groups in total. The molecule has 2 aliphatic rings. The Labute approximate surface area is 202 Å². The van der Waals surface area contributed by atoms with Crippen LogP contribution in [-0.2, 0) is 16.2 Å². The highest BCUT2D eigenvalue weighted by atomic mass is 19.1. The number of para-hydroxylation sites is 1. The maximum atomic E-state index is 13.0. The standard InChI is InChI=1S/C26H27FN4O4/c27-18-8-10-19(11-9-18)34-16-23-29-25(30-35-23)17-12-14-31(15-13-17)24(32)7-3-5-21-20-4-1-2-6-22(20)28-26(21)33/h1-2,4,6,8-11,17,21H,3,5,7,12-16H2,(H,28,33). The summed E-state index contributed by atoms with van der Waals surface area (Å²) in [5.74, 6) is 1.27. The number of hydrogen-bond donors (Lipinski definition) is 1. The van der Waals surface area contributed by atoms with E-state index in [2.05, 4.69) is 15.5 Å². The van der Waals surface area contributed by atoms with Crippen molar-refractivity contribution >= 4 is 17.5 Å². The van der Waals surface area contributed by atoms with E-state index in [1.54, 1.807) is 12.1 Å². The molecule has 1 unspecified atom stereocenters. The van der Waals surface area contributed by atoms with Crippen LogP contribution in [0.2, 0.25) is 0 Å². The van der Waals surface area contributed by atoms with Crippen molar-refractivity contribution in [3.8, 4) is 5.75 Å². The molecular weight excluding hydrogens is 451 g/mol.